The fourth-order valence-corrected chi connectivity index (χ4v) is 3.25. The van der Waals surface area contributed by atoms with E-state index in [1.807, 2.05) is 0 Å². The number of nitro benzene ring substituents is 1. The Morgan fingerprint density at radius 3 is 2.39 bits per heavy atom. The number of nitrogens with one attached hydrogen (secondary N) is 1. The second-order valence-electron chi connectivity index (χ2n) is 7.02. The smallest absolute Gasteiger partial charge is 0.312 e. The Morgan fingerprint density at radius 1 is 1.09 bits per heavy atom. The first-order chi connectivity index (χ1) is 15.7. The van der Waals surface area contributed by atoms with E-state index in [0.29, 0.717) is 17.2 Å². The number of para-hydroxylation sites is 2. The minimum absolute atomic E-state index is 0.0511. The van der Waals surface area contributed by atoms with Gasteiger partial charge in [0.1, 0.15) is 17.1 Å². The van der Waals surface area contributed by atoms with Crippen molar-refractivity contribution in [3.63, 3.8) is 0 Å². The third-order valence-corrected chi connectivity index (χ3v) is 4.76. The molecule has 12 nitrogen and oxygen atoms in total. The molecule has 1 amide bonds. The Labute approximate surface area is 188 Å². The van der Waals surface area contributed by atoms with Crippen molar-refractivity contribution < 1.29 is 24.1 Å². The molecule has 33 heavy (non-hydrogen) atoms. The Hall–Kier alpha value is -4.48. The zero-order valence-electron chi connectivity index (χ0n) is 18.1. The number of non-ortho nitro benzene ring substituents is 1. The normalized spacial score (nSPS) is 10.5. The molecule has 0 spiro atoms. The van der Waals surface area contributed by atoms with Crippen molar-refractivity contribution in [3.05, 3.63) is 74.1 Å². The van der Waals surface area contributed by atoms with Crippen molar-refractivity contribution in [2.45, 2.75) is 26.8 Å². The van der Waals surface area contributed by atoms with Gasteiger partial charge in [-0.1, -0.05) is 12.1 Å². The highest BCUT2D eigenvalue weighted by molar-refractivity contribution is 5.91. The molecule has 0 radical (unpaired) electrons. The standard InChI is InChI=1S/C21H21N5O7/c1-13-21(26(30)31)14(2)24(23-13)9-8-20(27)22-15-10-16(25(28)29)12-17(11-15)33-19-7-5-4-6-18(19)32-3/h4-7,10-12H,8-9H2,1-3H3,(H,22,27). The summed E-state index contributed by atoms with van der Waals surface area (Å²) in [6.45, 7) is 3.18. The molecule has 1 aromatic heterocycles. The number of benzene rings is 2. The van der Waals surface area contributed by atoms with E-state index in [2.05, 4.69) is 10.4 Å². The summed E-state index contributed by atoms with van der Waals surface area (Å²) < 4.78 is 12.3. The molecule has 0 saturated heterocycles. The van der Waals surface area contributed by atoms with Gasteiger partial charge in [-0.15, -0.1) is 0 Å². The molecule has 0 aliphatic heterocycles. The predicted octanol–water partition coefficient (Wildman–Crippen LogP) is 4.15. The summed E-state index contributed by atoms with van der Waals surface area (Å²) in [4.78, 5) is 33.8. The first-order valence-corrected chi connectivity index (χ1v) is 9.78. The van der Waals surface area contributed by atoms with Crippen molar-refractivity contribution in [3.8, 4) is 17.2 Å². The molecule has 3 aromatic rings. The summed E-state index contributed by atoms with van der Waals surface area (Å²) in [5.41, 5.74) is 0.403. The summed E-state index contributed by atoms with van der Waals surface area (Å²) in [7, 11) is 1.47. The second-order valence-corrected chi connectivity index (χ2v) is 7.02. The van der Waals surface area contributed by atoms with Crippen LogP contribution in [-0.2, 0) is 11.3 Å². The third-order valence-electron chi connectivity index (χ3n) is 4.76. The number of carbonyl (C=O) groups is 1. The van der Waals surface area contributed by atoms with Crippen LogP contribution in [0.25, 0.3) is 0 Å². The van der Waals surface area contributed by atoms with Gasteiger partial charge in [-0.2, -0.15) is 5.10 Å². The van der Waals surface area contributed by atoms with Crippen LogP contribution in [0.4, 0.5) is 17.1 Å². The molecular formula is C21H21N5O7. The highest BCUT2D eigenvalue weighted by Crippen LogP contribution is 2.34. The highest BCUT2D eigenvalue weighted by atomic mass is 16.6. The first-order valence-electron chi connectivity index (χ1n) is 9.78. The van der Waals surface area contributed by atoms with E-state index in [1.165, 1.54) is 36.9 Å². The number of anilines is 1. The fourth-order valence-electron chi connectivity index (χ4n) is 3.25. The monoisotopic (exact) mass is 455 g/mol. The van der Waals surface area contributed by atoms with Gasteiger partial charge in [0.05, 0.1) is 35.3 Å². The lowest BCUT2D eigenvalue weighted by Crippen LogP contribution is -2.16. The number of hydrogen-bond acceptors (Lipinski definition) is 8. The van der Waals surface area contributed by atoms with Crippen LogP contribution in [0.15, 0.2) is 42.5 Å². The van der Waals surface area contributed by atoms with Crippen LogP contribution in [0.3, 0.4) is 0 Å². The van der Waals surface area contributed by atoms with E-state index in [1.54, 1.807) is 31.2 Å². The minimum atomic E-state index is -0.597. The van der Waals surface area contributed by atoms with Crippen LogP contribution in [-0.4, -0.2) is 32.6 Å². The van der Waals surface area contributed by atoms with Gasteiger partial charge in [0, 0.05) is 18.6 Å². The summed E-state index contributed by atoms with van der Waals surface area (Å²) >= 11 is 0. The van der Waals surface area contributed by atoms with Crippen LogP contribution in [0.2, 0.25) is 0 Å². The number of aromatic nitrogens is 2. The molecular weight excluding hydrogens is 434 g/mol. The van der Waals surface area contributed by atoms with Crippen LogP contribution in [0, 0.1) is 34.1 Å². The minimum Gasteiger partial charge on any atom is -0.493 e. The van der Waals surface area contributed by atoms with E-state index in [0.717, 1.165) is 0 Å². The van der Waals surface area contributed by atoms with E-state index < -0.39 is 15.8 Å². The molecule has 0 unspecified atom stereocenters. The van der Waals surface area contributed by atoms with Crippen LogP contribution < -0.4 is 14.8 Å². The summed E-state index contributed by atoms with van der Waals surface area (Å²) in [6.07, 6.45) is -0.0511. The lowest BCUT2D eigenvalue weighted by molar-refractivity contribution is -0.386. The zero-order valence-corrected chi connectivity index (χ0v) is 18.1. The number of nitro groups is 2. The Morgan fingerprint density at radius 2 is 1.79 bits per heavy atom. The van der Waals surface area contributed by atoms with Gasteiger partial charge in [0.15, 0.2) is 11.5 Å². The summed E-state index contributed by atoms with van der Waals surface area (Å²) in [5.74, 6) is 0.476. The molecule has 1 N–H and O–H groups in total. The Bertz CT molecular complexity index is 1220. The van der Waals surface area contributed by atoms with E-state index >= 15 is 0 Å². The fraction of sp³-hybridized carbons (Fsp3) is 0.238. The lowest BCUT2D eigenvalue weighted by atomic mass is 10.2. The Kier molecular flexibility index (Phi) is 6.86. The topological polar surface area (TPSA) is 152 Å². The molecule has 3 rings (SSSR count). The van der Waals surface area contributed by atoms with Gasteiger partial charge in [0.2, 0.25) is 5.91 Å². The van der Waals surface area contributed by atoms with Crippen LogP contribution in [0.1, 0.15) is 17.8 Å². The molecule has 2 aromatic carbocycles. The number of nitrogens with zero attached hydrogens (tertiary/aromatic N) is 4. The quantitative estimate of drug-likeness (QED) is 0.373. The van der Waals surface area contributed by atoms with Gasteiger partial charge >= 0.3 is 5.69 Å². The summed E-state index contributed by atoms with van der Waals surface area (Å²) in [6, 6.07) is 10.7. The molecule has 0 aliphatic rings. The average molecular weight is 455 g/mol. The van der Waals surface area contributed by atoms with E-state index in [9.17, 15) is 25.0 Å². The van der Waals surface area contributed by atoms with Gasteiger partial charge in [0.25, 0.3) is 5.69 Å². The van der Waals surface area contributed by atoms with Crippen molar-refractivity contribution in [1.82, 2.24) is 9.78 Å². The molecule has 0 fully saturated rings. The molecule has 0 atom stereocenters. The summed E-state index contributed by atoms with van der Waals surface area (Å²) in [5, 5.41) is 29.2. The molecule has 12 heteroatoms. The van der Waals surface area contributed by atoms with E-state index in [-0.39, 0.29) is 41.5 Å². The van der Waals surface area contributed by atoms with Crippen molar-refractivity contribution in [1.29, 1.82) is 0 Å². The lowest BCUT2D eigenvalue weighted by Gasteiger charge is -2.12. The maximum Gasteiger partial charge on any atom is 0.312 e. The van der Waals surface area contributed by atoms with Gasteiger partial charge < -0.3 is 14.8 Å². The third kappa shape index (κ3) is 5.42. The molecule has 0 saturated carbocycles. The zero-order chi connectivity index (χ0) is 24.1. The maximum atomic E-state index is 12.5. The van der Waals surface area contributed by atoms with Gasteiger partial charge in [-0.3, -0.25) is 29.7 Å². The van der Waals surface area contributed by atoms with Crippen molar-refractivity contribution in [2.24, 2.45) is 0 Å². The number of ether oxygens (including phenoxy) is 2. The second kappa shape index (κ2) is 9.77. The number of hydrogen-bond donors (Lipinski definition) is 1. The Balaban J connectivity index is 1.76. The number of methoxy groups -OCH3 is 1. The predicted molar refractivity (Wildman–Crippen MR) is 118 cm³/mol. The van der Waals surface area contributed by atoms with Gasteiger partial charge in [-0.25, -0.2) is 0 Å². The molecule has 1 heterocycles. The highest BCUT2D eigenvalue weighted by Gasteiger charge is 2.22. The van der Waals surface area contributed by atoms with E-state index in [4.69, 9.17) is 9.47 Å². The van der Waals surface area contributed by atoms with Crippen molar-refractivity contribution in [2.75, 3.05) is 12.4 Å². The number of carbonyl (C=O) groups excluding carboxylic acids is 1. The number of aryl methyl sites for hydroxylation is 2. The van der Waals surface area contributed by atoms with Crippen LogP contribution >= 0.6 is 0 Å². The molecule has 0 bridgehead atoms. The number of rotatable bonds is 9. The number of amides is 1. The largest absolute Gasteiger partial charge is 0.493 e. The first kappa shape index (κ1) is 23.2. The maximum absolute atomic E-state index is 12.5. The van der Waals surface area contributed by atoms with Gasteiger partial charge in [-0.05, 0) is 26.0 Å². The molecule has 172 valence electrons. The molecule has 0 aliphatic carbocycles. The average Bonchev–Trinajstić information content (AvgIpc) is 3.05. The van der Waals surface area contributed by atoms with Crippen molar-refractivity contribution >= 4 is 23.0 Å². The SMILES string of the molecule is COc1ccccc1Oc1cc(NC(=O)CCn2nc(C)c([N+](=O)[O-])c2C)cc([N+](=O)[O-])c1. The van der Waals surface area contributed by atoms with Crippen LogP contribution in [0.5, 0.6) is 17.2 Å².